The molecule has 0 aliphatic heterocycles. The van der Waals surface area contributed by atoms with Crippen molar-refractivity contribution in [2.24, 2.45) is 0 Å². The number of carbonyl (C=O) groups excluding carboxylic acids is 1. The number of rotatable bonds is 8. The average molecular weight is 467 g/mol. The van der Waals surface area contributed by atoms with Gasteiger partial charge in [-0.2, -0.15) is 5.10 Å². The third kappa shape index (κ3) is 5.06. The first-order valence-electron chi connectivity index (χ1n) is 11.6. The monoisotopic (exact) mass is 466 g/mol. The van der Waals surface area contributed by atoms with E-state index in [4.69, 9.17) is 14.7 Å². The van der Waals surface area contributed by atoms with Crippen molar-refractivity contribution in [1.29, 1.82) is 0 Å². The van der Waals surface area contributed by atoms with Crippen LogP contribution in [0, 0.1) is 0 Å². The molecule has 0 radical (unpaired) electrons. The number of fused-ring (bicyclic) bond motifs is 2. The van der Waals surface area contributed by atoms with Crippen molar-refractivity contribution < 1.29 is 9.53 Å². The van der Waals surface area contributed by atoms with Gasteiger partial charge < -0.3 is 15.4 Å². The number of hydrogen-bond donors (Lipinski definition) is 3. The molecule has 3 aromatic carbocycles. The SMILES string of the molecule is CCC(C)NC(=O)COc1cccc(-c2nc(Nc3ccc4[nH]ncc4c3)c3ccccc3n2)c1. The van der Waals surface area contributed by atoms with E-state index in [1.165, 1.54) is 0 Å². The van der Waals surface area contributed by atoms with Crippen LogP contribution in [0.1, 0.15) is 20.3 Å². The zero-order chi connectivity index (χ0) is 24.2. The van der Waals surface area contributed by atoms with Crippen LogP contribution in [0.25, 0.3) is 33.2 Å². The summed E-state index contributed by atoms with van der Waals surface area (Å²) >= 11 is 0. The second-order valence-corrected chi connectivity index (χ2v) is 8.40. The lowest BCUT2D eigenvalue weighted by atomic mass is 10.1. The molecule has 0 saturated heterocycles. The summed E-state index contributed by atoms with van der Waals surface area (Å²) in [6.45, 7) is 3.95. The van der Waals surface area contributed by atoms with E-state index in [1.54, 1.807) is 6.20 Å². The predicted octanol–water partition coefficient (Wildman–Crippen LogP) is 5.21. The molecule has 0 spiro atoms. The number of anilines is 2. The van der Waals surface area contributed by atoms with Crippen LogP contribution in [0.4, 0.5) is 11.5 Å². The van der Waals surface area contributed by atoms with Gasteiger partial charge in [0, 0.05) is 28.1 Å². The minimum Gasteiger partial charge on any atom is -0.484 e. The van der Waals surface area contributed by atoms with Gasteiger partial charge in [-0.05, 0) is 55.8 Å². The van der Waals surface area contributed by atoms with E-state index < -0.39 is 0 Å². The summed E-state index contributed by atoms with van der Waals surface area (Å²) in [7, 11) is 0. The maximum atomic E-state index is 12.1. The van der Waals surface area contributed by atoms with Gasteiger partial charge in [-0.3, -0.25) is 9.89 Å². The second-order valence-electron chi connectivity index (χ2n) is 8.40. The first kappa shape index (κ1) is 22.3. The van der Waals surface area contributed by atoms with Crippen molar-refractivity contribution >= 4 is 39.2 Å². The summed E-state index contributed by atoms with van der Waals surface area (Å²) in [6, 6.07) is 21.4. The standard InChI is InChI=1S/C27H26N6O2/c1-3-17(2)29-25(34)16-35-21-8-6-7-18(14-21)26-31-24-10-5-4-9-22(24)27(32-26)30-20-11-12-23-19(13-20)15-28-33-23/h4-15,17H,3,16H2,1-2H3,(H,28,33)(H,29,34)(H,30,31,32). The van der Waals surface area contributed by atoms with Crippen LogP contribution >= 0.6 is 0 Å². The van der Waals surface area contributed by atoms with Gasteiger partial charge in [0.15, 0.2) is 12.4 Å². The molecule has 8 nitrogen and oxygen atoms in total. The molecule has 0 aliphatic rings. The zero-order valence-corrected chi connectivity index (χ0v) is 19.6. The van der Waals surface area contributed by atoms with Crippen molar-refractivity contribution in [3.05, 3.63) is 72.9 Å². The number of benzene rings is 3. The normalized spacial score (nSPS) is 11.9. The molecule has 0 aliphatic carbocycles. The highest BCUT2D eigenvalue weighted by Crippen LogP contribution is 2.29. The number of aromatic amines is 1. The fraction of sp³-hybridized carbons (Fsp3) is 0.185. The fourth-order valence-corrected chi connectivity index (χ4v) is 3.75. The van der Waals surface area contributed by atoms with Gasteiger partial charge in [0.2, 0.25) is 0 Å². The molecule has 176 valence electrons. The quantitative estimate of drug-likeness (QED) is 0.290. The molecule has 1 unspecified atom stereocenters. The number of aromatic nitrogens is 4. The van der Waals surface area contributed by atoms with E-state index in [9.17, 15) is 4.79 Å². The number of nitrogens with one attached hydrogen (secondary N) is 3. The lowest BCUT2D eigenvalue weighted by molar-refractivity contribution is -0.123. The van der Waals surface area contributed by atoms with E-state index in [0.717, 1.165) is 39.5 Å². The van der Waals surface area contributed by atoms with Gasteiger partial charge in [0.1, 0.15) is 11.6 Å². The summed E-state index contributed by atoms with van der Waals surface area (Å²) in [6.07, 6.45) is 2.66. The number of amides is 1. The number of hydrogen-bond acceptors (Lipinski definition) is 6. The van der Waals surface area contributed by atoms with Crippen LogP contribution in [0.3, 0.4) is 0 Å². The molecule has 2 aromatic heterocycles. The molecular weight excluding hydrogens is 440 g/mol. The van der Waals surface area contributed by atoms with E-state index >= 15 is 0 Å². The summed E-state index contributed by atoms with van der Waals surface area (Å²) < 4.78 is 5.73. The topological polar surface area (TPSA) is 105 Å². The van der Waals surface area contributed by atoms with Gasteiger partial charge in [-0.15, -0.1) is 0 Å². The van der Waals surface area contributed by atoms with Gasteiger partial charge >= 0.3 is 0 Å². The highest BCUT2D eigenvalue weighted by molar-refractivity contribution is 5.93. The number of ether oxygens (including phenoxy) is 1. The first-order valence-corrected chi connectivity index (χ1v) is 11.6. The van der Waals surface area contributed by atoms with Crippen LogP contribution < -0.4 is 15.4 Å². The van der Waals surface area contributed by atoms with E-state index in [0.29, 0.717) is 17.4 Å². The van der Waals surface area contributed by atoms with Gasteiger partial charge in [-0.1, -0.05) is 31.2 Å². The van der Waals surface area contributed by atoms with Crippen LogP contribution in [-0.4, -0.2) is 38.7 Å². The molecule has 3 N–H and O–H groups in total. The first-order chi connectivity index (χ1) is 17.1. The van der Waals surface area contributed by atoms with Crippen molar-refractivity contribution in [3.8, 4) is 17.1 Å². The van der Waals surface area contributed by atoms with Crippen molar-refractivity contribution in [3.63, 3.8) is 0 Å². The molecule has 8 heteroatoms. The molecule has 35 heavy (non-hydrogen) atoms. The summed E-state index contributed by atoms with van der Waals surface area (Å²) in [4.78, 5) is 21.7. The van der Waals surface area contributed by atoms with Crippen molar-refractivity contribution in [2.45, 2.75) is 26.3 Å². The third-order valence-corrected chi connectivity index (χ3v) is 5.79. The minimum atomic E-state index is -0.146. The molecule has 0 bridgehead atoms. The van der Waals surface area contributed by atoms with Crippen LogP contribution in [0.15, 0.2) is 72.9 Å². The Morgan fingerprint density at radius 2 is 1.94 bits per heavy atom. The highest BCUT2D eigenvalue weighted by atomic mass is 16.5. The Balaban J connectivity index is 1.43. The number of nitrogens with zero attached hydrogens (tertiary/aromatic N) is 3. The number of para-hydroxylation sites is 1. The summed E-state index contributed by atoms with van der Waals surface area (Å²) in [5.41, 5.74) is 3.49. The maximum Gasteiger partial charge on any atom is 0.258 e. The van der Waals surface area contributed by atoms with Crippen LogP contribution in [-0.2, 0) is 4.79 Å². The summed E-state index contributed by atoms with van der Waals surface area (Å²) in [5.74, 6) is 1.70. The summed E-state index contributed by atoms with van der Waals surface area (Å²) in [5, 5.41) is 15.3. The lowest BCUT2D eigenvalue weighted by Crippen LogP contribution is -2.35. The molecule has 0 saturated carbocycles. The molecule has 1 atom stereocenters. The van der Waals surface area contributed by atoms with Crippen molar-refractivity contribution in [1.82, 2.24) is 25.5 Å². The zero-order valence-electron chi connectivity index (χ0n) is 19.6. The Kier molecular flexibility index (Phi) is 6.26. The minimum absolute atomic E-state index is 0.0460. The van der Waals surface area contributed by atoms with Gasteiger partial charge in [-0.25, -0.2) is 9.97 Å². The van der Waals surface area contributed by atoms with Gasteiger partial charge in [0.05, 0.1) is 17.2 Å². The molecule has 0 fully saturated rings. The molecule has 5 rings (SSSR count). The Morgan fingerprint density at radius 3 is 2.83 bits per heavy atom. The van der Waals surface area contributed by atoms with E-state index in [1.807, 2.05) is 80.6 Å². The molecule has 1 amide bonds. The largest absolute Gasteiger partial charge is 0.484 e. The van der Waals surface area contributed by atoms with Crippen LogP contribution in [0.5, 0.6) is 5.75 Å². The Labute approximate surface area is 202 Å². The maximum absolute atomic E-state index is 12.1. The van der Waals surface area contributed by atoms with Crippen molar-refractivity contribution in [2.75, 3.05) is 11.9 Å². The second kappa shape index (κ2) is 9.80. The number of carbonyl (C=O) groups is 1. The fourth-order valence-electron chi connectivity index (χ4n) is 3.75. The third-order valence-electron chi connectivity index (χ3n) is 5.79. The van der Waals surface area contributed by atoms with Gasteiger partial charge in [0.25, 0.3) is 5.91 Å². The molecule has 2 heterocycles. The molecule has 5 aromatic rings. The Bertz CT molecular complexity index is 1500. The average Bonchev–Trinajstić information content (AvgIpc) is 3.35. The predicted molar refractivity (Wildman–Crippen MR) is 138 cm³/mol. The highest BCUT2D eigenvalue weighted by Gasteiger charge is 2.12. The lowest BCUT2D eigenvalue weighted by Gasteiger charge is -2.13. The number of H-pyrrole nitrogens is 1. The van der Waals surface area contributed by atoms with E-state index in [2.05, 4.69) is 20.8 Å². The Morgan fingerprint density at radius 1 is 1.06 bits per heavy atom. The smallest absolute Gasteiger partial charge is 0.258 e. The Hall–Kier alpha value is -4.46. The van der Waals surface area contributed by atoms with E-state index in [-0.39, 0.29) is 18.6 Å². The van der Waals surface area contributed by atoms with Crippen LogP contribution in [0.2, 0.25) is 0 Å². The molecular formula is C27H26N6O2.